The van der Waals surface area contributed by atoms with Gasteiger partial charge < -0.3 is 9.80 Å². The molecule has 0 N–H and O–H groups in total. The van der Waals surface area contributed by atoms with Gasteiger partial charge in [0.15, 0.2) is 0 Å². The molecule has 2 aliphatic rings. The van der Waals surface area contributed by atoms with Gasteiger partial charge in [0.25, 0.3) is 0 Å². The maximum atomic E-state index is 2.72. The lowest BCUT2D eigenvalue weighted by atomic mass is 9.70. The van der Waals surface area contributed by atoms with Crippen molar-refractivity contribution >= 4 is 0 Å². The van der Waals surface area contributed by atoms with E-state index in [9.17, 15) is 0 Å². The summed E-state index contributed by atoms with van der Waals surface area (Å²) in [5, 5.41) is 0. The average molecular weight is 238 g/mol. The number of hydrogen-bond donors (Lipinski definition) is 0. The van der Waals surface area contributed by atoms with E-state index < -0.39 is 0 Å². The van der Waals surface area contributed by atoms with E-state index in [4.69, 9.17) is 0 Å². The minimum atomic E-state index is 0.718. The highest BCUT2D eigenvalue weighted by Gasteiger charge is 2.40. The summed E-state index contributed by atoms with van der Waals surface area (Å²) in [6.45, 7) is 7.76. The molecule has 0 aromatic rings. The molecular weight excluding hydrogens is 208 g/mol. The van der Waals surface area contributed by atoms with Crippen molar-refractivity contribution in [3.8, 4) is 0 Å². The van der Waals surface area contributed by atoms with Gasteiger partial charge in [-0.25, -0.2) is 0 Å². The zero-order valence-electron chi connectivity index (χ0n) is 12.0. The van der Waals surface area contributed by atoms with E-state index in [-0.39, 0.29) is 0 Å². The fourth-order valence-electron chi connectivity index (χ4n) is 3.97. The summed E-state index contributed by atoms with van der Waals surface area (Å²) in [6, 6.07) is 0. The van der Waals surface area contributed by atoms with E-state index in [1.54, 1.807) is 0 Å². The van der Waals surface area contributed by atoms with Gasteiger partial charge in [-0.1, -0.05) is 19.8 Å². The fraction of sp³-hybridized carbons (Fsp3) is 1.00. The van der Waals surface area contributed by atoms with Gasteiger partial charge in [-0.15, -0.1) is 0 Å². The monoisotopic (exact) mass is 238 g/mol. The third-order valence-electron chi connectivity index (χ3n) is 4.78. The molecule has 2 nitrogen and oxygen atoms in total. The molecule has 17 heavy (non-hydrogen) atoms. The van der Waals surface area contributed by atoms with Crippen molar-refractivity contribution in [1.29, 1.82) is 0 Å². The number of nitrogens with zero attached hydrogens (tertiary/aromatic N) is 2. The summed E-state index contributed by atoms with van der Waals surface area (Å²) in [5.74, 6) is 0.977. The van der Waals surface area contributed by atoms with E-state index >= 15 is 0 Å². The molecule has 0 aromatic heterocycles. The summed E-state index contributed by atoms with van der Waals surface area (Å²) in [5.41, 5.74) is 0.718. The van der Waals surface area contributed by atoms with E-state index in [1.807, 2.05) is 0 Å². The topological polar surface area (TPSA) is 6.48 Å². The highest BCUT2D eigenvalue weighted by molar-refractivity contribution is 4.93. The second-order valence-corrected chi connectivity index (χ2v) is 6.88. The minimum Gasteiger partial charge on any atom is -0.309 e. The Labute approximate surface area is 107 Å². The Kier molecular flexibility index (Phi) is 4.48. The highest BCUT2D eigenvalue weighted by atomic mass is 15.2. The zero-order chi connectivity index (χ0) is 12.3. The van der Waals surface area contributed by atoms with Crippen molar-refractivity contribution in [3.05, 3.63) is 0 Å². The molecule has 2 atom stereocenters. The van der Waals surface area contributed by atoms with E-state index in [2.05, 4.69) is 30.8 Å². The van der Waals surface area contributed by atoms with Gasteiger partial charge in [-0.05, 0) is 70.7 Å². The first-order valence-corrected chi connectivity index (χ1v) is 7.47. The van der Waals surface area contributed by atoms with Crippen LogP contribution in [0.25, 0.3) is 0 Å². The van der Waals surface area contributed by atoms with Crippen molar-refractivity contribution < 1.29 is 0 Å². The van der Waals surface area contributed by atoms with E-state index in [0.29, 0.717) is 0 Å². The van der Waals surface area contributed by atoms with Crippen LogP contribution in [0, 0.1) is 11.3 Å². The predicted octanol–water partition coefficient (Wildman–Crippen LogP) is 2.84. The minimum absolute atomic E-state index is 0.718. The molecule has 0 amide bonds. The summed E-state index contributed by atoms with van der Waals surface area (Å²) in [6.07, 6.45) is 8.76. The normalized spacial score (nSPS) is 34.9. The molecule has 2 fully saturated rings. The summed E-state index contributed by atoms with van der Waals surface area (Å²) in [7, 11) is 4.35. The van der Waals surface area contributed by atoms with Crippen molar-refractivity contribution in [2.24, 2.45) is 11.3 Å². The van der Waals surface area contributed by atoms with Gasteiger partial charge in [-0.3, -0.25) is 0 Å². The second kappa shape index (κ2) is 5.71. The predicted molar refractivity (Wildman–Crippen MR) is 74.3 cm³/mol. The molecule has 0 radical (unpaired) electrons. The maximum absolute atomic E-state index is 2.72. The smallest absolute Gasteiger partial charge is 0.00386 e. The van der Waals surface area contributed by atoms with Crippen molar-refractivity contribution in [2.45, 2.75) is 45.4 Å². The molecule has 1 aliphatic heterocycles. The summed E-state index contributed by atoms with van der Waals surface area (Å²) < 4.78 is 0. The molecule has 0 bridgehead atoms. The molecule has 1 saturated heterocycles. The van der Waals surface area contributed by atoms with Crippen LogP contribution in [0.1, 0.15) is 45.4 Å². The van der Waals surface area contributed by atoms with Gasteiger partial charge in [0.1, 0.15) is 0 Å². The average Bonchev–Trinajstić information content (AvgIpc) is 2.60. The second-order valence-electron chi connectivity index (χ2n) is 6.88. The number of hydrogen-bond acceptors (Lipinski definition) is 2. The van der Waals surface area contributed by atoms with E-state index in [1.165, 1.54) is 64.7 Å². The Morgan fingerprint density at radius 1 is 1.29 bits per heavy atom. The largest absolute Gasteiger partial charge is 0.309 e. The SMILES string of the molecule is C[C@@H]1CCC[C@@]2(CCN(CCCN(C)C)C2)C1. The molecule has 0 unspecified atom stereocenters. The molecular formula is C15H30N2. The van der Waals surface area contributed by atoms with Gasteiger partial charge in [0.05, 0.1) is 0 Å². The Hall–Kier alpha value is -0.0800. The Morgan fingerprint density at radius 2 is 2.12 bits per heavy atom. The molecule has 1 saturated carbocycles. The van der Waals surface area contributed by atoms with Crippen molar-refractivity contribution in [3.63, 3.8) is 0 Å². The van der Waals surface area contributed by atoms with Gasteiger partial charge in [0.2, 0.25) is 0 Å². The Bertz CT molecular complexity index is 239. The van der Waals surface area contributed by atoms with Crippen LogP contribution in [0.2, 0.25) is 0 Å². The van der Waals surface area contributed by atoms with E-state index in [0.717, 1.165) is 11.3 Å². The van der Waals surface area contributed by atoms with Crippen LogP contribution >= 0.6 is 0 Å². The number of rotatable bonds is 4. The lowest BCUT2D eigenvalue weighted by Crippen LogP contribution is -2.32. The van der Waals surface area contributed by atoms with Crippen LogP contribution in [0.4, 0.5) is 0 Å². The first kappa shape index (κ1) is 13.4. The first-order chi connectivity index (χ1) is 8.10. The van der Waals surface area contributed by atoms with Crippen LogP contribution in [0.3, 0.4) is 0 Å². The first-order valence-electron chi connectivity index (χ1n) is 7.47. The lowest BCUT2D eigenvalue weighted by molar-refractivity contribution is 0.147. The van der Waals surface area contributed by atoms with Crippen LogP contribution in [-0.4, -0.2) is 50.1 Å². The van der Waals surface area contributed by atoms with Crippen LogP contribution in [-0.2, 0) is 0 Å². The zero-order valence-corrected chi connectivity index (χ0v) is 12.0. The standard InChI is InChI=1S/C15H30N2/c1-14-6-4-7-15(12-14)8-11-17(13-15)10-5-9-16(2)3/h14H,4-13H2,1-3H3/t14-,15-/m1/s1. The Balaban J connectivity index is 1.74. The molecule has 2 rings (SSSR count). The molecule has 2 heteroatoms. The van der Waals surface area contributed by atoms with Gasteiger partial charge >= 0.3 is 0 Å². The molecule has 100 valence electrons. The third-order valence-corrected chi connectivity index (χ3v) is 4.78. The van der Waals surface area contributed by atoms with Gasteiger partial charge in [0, 0.05) is 6.54 Å². The van der Waals surface area contributed by atoms with Crippen molar-refractivity contribution in [2.75, 3.05) is 40.3 Å². The van der Waals surface area contributed by atoms with Gasteiger partial charge in [-0.2, -0.15) is 0 Å². The summed E-state index contributed by atoms with van der Waals surface area (Å²) >= 11 is 0. The van der Waals surface area contributed by atoms with Crippen LogP contribution in [0.5, 0.6) is 0 Å². The third kappa shape index (κ3) is 3.69. The van der Waals surface area contributed by atoms with Crippen LogP contribution in [0.15, 0.2) is 0 Å². The molecule has 1 heterocycles. The molecule has 1 spiro atoms. The Morgan fingerprint density at radius 3 is 2.82 bits per heavy atom. The quantitative estimate of drug-likeness (QED) is 0.743. The molecule has 1 aliphatic carbocycles. The van der Waals surface area contributed by atoms with Crippen molar-refractivity contribution in [1.82, 2.24) is 9.80 Å². The maximum Gasteiger partial charge on any atom is 0.00386 e. The summed E-state index contributed by atoms with van der Waals surface area (Å²) in [4.78, 5) is 5.02. The fourth-order valence-corrected chi connectivity index (χ4v) is 3.97. The van der Waals surface area contributed by atoms with Crippen LogP contribution < -0.4 is 0 Å². The highest BCUT2D eigenvalue weighted by Crippen LogP contribution is 2.45. The number of likely N-dealkylation sites (tertiary alicyclic amines) is 1. The lowest BCUT2D eigenvalue weighted by Gasteiger charge is -2.37. The molecule has 0 aromatic carbocycles.